The normalized spacial score (nSPS) is 10.4. The Bertz CT molecular complexity index is 514. The Morgan fingerprint density at radius 3 is 2.75 bits per heavy atom. The summed E-state index contributed by atoms with van der Waals surface area (Å²) in [6.45, 7) is 3.53. The lowest BCUT2D eigenvalue weighted by Gasteiger charge is -2.01. The molecule has 0 aliphatic rings. The highest BCUT2D eigenvalue weighted by Crippen LogP contribution is 2.14. The van der Waals surface area contributed by atoms with Crippen LogP contribution in [0.3, 0.4) is 0 Å². The molecule has 0 saturated carbocycles. The first-order chi connectivity index (χ1) is 7.66. The van der Waals surface area contributed by atoms with Gasteiger partial charge in [0, 0.05) is 19.4 Å². The number of hydrogen-bond donors (Lipinski definition) is 0. The summed E-state index contributed by atoms with van der Waals surface area (Å²) in [4.78, 5) is 11.1. The maximum absolute atomic E-state index is 11.1. The Labute approximate surface area is 94.1 Å². The summed E-state index contributed by atoms with van der Waals surface area (Å²) >= 11 is 0. The Morgan fingerprint density at radius 2 is 2.12 bits per heavy atom. The van der Waals surface area contributed by atoms with E-state index in [2.05, 4.69) is 18.1 Å². The fourth-order valence-electron chi connectivity index (χ4n) is 1.56. The lowest BCUT2D eigenvalue weighted by atomic mass is 10.0. The van der Waals surface area contributed by atoms with Crippen LogP contribution in [0.25, 0.3) is 0 Å². The van der Waals surface area contributed by atoms with Crippen molar-refractivity contribution in [3.63, 3.8) is 0 Å². The molecule has 16 heavy (non-hydrogen) atoms. The van der Waals surface area contributed by atoms with Gasteiger partial charge in [0.05, 0.1) is 0 Å². The summed E-state index contributed by atoms with van der Waals surface area (Å²) in [5.41, 5.74) is 2.79. The molecule has 2 aromatic rings. The van der Waals surface area contributed by atoms with Crippen LogP contribution in [0.15, 0.2) is 34.9 Å². The van der Waals surface area contributed by atoms with Gasteiger partial charge in [0.2, 0.25) is 0 Å². The van der Waals surface area contributed by atoms with Gasteiger partial charge in [-0.15, -0.1) is 0 Å². The lowest BCUT2D eigenvalue weighted by molar-refractivity contribution is 0.100. The number of rotatable bonds is 3. The van der Waals surface area contributed by atoms with Crippen molar-refractivity contribution in [2.75, 3.05) is 0 Å². The van der Waals surface area contributed by atoms with Crippen LogP contribution >= 0.6 is 0 Å². The molecule has 3 heteroatoms. The number of carbonyl (C=O) groups excluding carboxylic acids is 1. The number of Topliss-reactive ketones (excluding diaryl/α,β-unsaturated/α-hetero) is 1. The molecule has 0 radical (unpaired) electrons. The quantitative estimate of drug-likeness (QED) is 0.739. The molecule has 0 amide bonds. The molecule has 3 nitrogen and oxygen atoms in total. The molecule has 0 unspecified atom stereocenters. The van der Waals surface area contributed by atoms with Crippen molar-refractivity contribution in [2.24, 2.45) is 0 Å². The van der Waals surface area contributed by atoms with Crippen LogP contribution in [0.2, 0.25) is 0 Å². The van der Waals surface area contributed by atoms with E-state index in [1.54, 1.807) is 6.07 Å². The van der Waals surface area contributed by atoms with Gasteiger partial charge in [0.15, 0.2) is 5.78 Å². The summed E-state index contributed by atoms with van der Waals surface area (Å²) < 4.78 is 5.11. The molecular formula is C13H13NO2. The zero-order chi connectivity index (χ0) is 11.5. The number of carbonyl (C=O) groups is 1. The number of benzene rings is 1. The Morgan fingerprint density at radius 1 is 1.38 bits per heavy atom. The van der Waals surface area contributed by atoms with E-state index in [1.165, 1.54) is 18.1 Å². The van der Waals surface area contributed by atoms with Crippen molar-refractivity contribution in [3.8, 4) is 0 Å². The van der Waals surface area contributed by atoms with Crippen molar-refractivity contribution in [2.45, 2.75) is 20.3 Å². The molecule has 0 N–H and O–H groups in total. The van der Waals surface area contributed by atoms with Crippen LogP contribution in [0, 0.1) is 6.92 Å². The van der Waals surface area contributed by atoms with Crippen LogP contribution < -0.4 is 0 Å². The van der Waals surface area contributed by atoms with Gasteiger partial charge >= 0.3 is 0 Å². The Kier molecular flexibility index (Phi) is 2.86. The van der Waals surface area contributed by atoms with Crippen LogP contribution in [0.5, 0.6) is 0 Å². The van der Waals surface area contributed by atoms with Crippen LogP contribution in [-0.4, -0.2) is 10.9 Å². The van der Waals surface area contributed by atoms with E-state index in [0.717, 1.165) is 5.76 Å². The van der Waals surface area contributed by atoms with Gasteiger partial charge in [-0.05, 0) is 18.1 Å². The molecule has 1 aromatic heterocycles. The van der Waals surface area contributed by atoms with E-state index < -0.39 is 0 Å². The predicted molar refractivity (Wildman–Crippen MR) is 60.5 cm³/mol. The fourth-order valence-corrected chi connectivity index (χ4v) is 1.56. The first-order valence-electron chi connectivity index (χ1n) is 5.18. The molecule has 0 bridgehead atoms. The number of aromatic nitrogens is 1. The Hall–Kier alpha value is -1.90. The molecule has 0 fully saturated rings. The zero-order valence-corrected chi connectivity index (χ0v) is 9.36. The average molecular weight is 215 g/mol. The van der Waals surface area contributed by atoms with E-state index in [1.807, 2.05) is 18.2 Å². The minimum atomic E-state index is -0.0696. The van der Waals surface area contributed by atoms with Crippen molar-refractivity contribution >= 4 is 5.78 Å². The first-order valence-corrected chi connectivity index (χ1v) is 5.18. The highest BCUT2D eigenvalue weighted by Gasteiger charge is 2.09. The summed E-state index contributed by atoms with van der Waals surface area (Å²) in [5.74, 6) is 0.652. The third-order valence-electron chi connectivity index (χ3n) is 2.55. The molecule has 82 valence electrons. The topological polar surface area (TPSA) is 43.1 Å². The van der Waals surface area contributed by atoms with E-state index in [4.69, 9.17) is 4.52 Å². The molecule has 1 heterocycles. The van der Waals surface area contributed by atoms with E-state index in [-0.39, 0.29) is 5.78 Å². The van der Waals surface area contributed by atoms with Gasteiger partial charge in [-0.2, -0.15) is 0 Å². The van der Waals surface area contributed by atoms with Gasteiger partial charge < -0.3 is 4.52 Å². The van der Waals surface area contributed by atoms with E-state index in [9.17, 15) is 4.79 Å². The summed E-state index contributed by atoms with van der Waals surface area (Å²) in [6.07, 6.45) is 0.674. The summed E-state index contributed by atoms with van der Waals surface area (Å²) in [5, 5.41) is 3.72. The molecule has 0 saturated heterocycles. The minimum Gasteiger partial charge on any atom is -0.360 e. The molecule has 1 aromatic carbocycles. The maximum atomic E-state index is 11.1. The molecule has 0 aliphatic heterocycles. The molecule has 2 rings (SSSR count). The molecule has 0 aliphatic carbocycles. The average Bonchev–Trinajstić information content (AvgIpc) is 2.70. The Balaban J connectivity index is 2.21. The highest BCUT2D eigenvalue weighted by atomic mass is 16.5. The van der Waals surface area contributed by atoms with Gasteiger partial charge in [-0.25, -0.2) is 0 Å². The van der Waals surface area contributed by atoms with Gasteiger partial charge in [-0.1, -0.05) is 29.4 Å². The zero-order valence-electron chi connectivity index (χ0n) is 9.36. The molecule has 0 atom stereocenters. The van der Waals surface area contributed by atoms with Crippen LogP contribution in [0.4, 0.5) is 0 Å². The highest BCUT2D eigenvalue weighted by molar-refractivity contribution is 5.91. The monoisotopic (exact) mass is 215 g/mol. The molecular weight excluding hydrogens is 202 g/mol. The SMILES string of the molecule is CC(=O)c1cc(Cc2ccccc2C)on1. The van der Waals surface area contributed by atoms with Crippen molar-refractivity contribution in [3.05, 3.63) is 52.9 Å². The predicted octanol–water partition coefficient (Wildman–Crippen LogP) is 2.78. The van der Waals surface area contributed by atoms with Gasteiger partial charge in [-0.3, -0.25) is 4.79 Å². The number of hydrogen-bond acceptors (Lipinski definition) is 3. The lowest BCUT2D eigenvalue weighted by Crippen LogP contribution is -1.91. The standard InChI is InChI=1S/C13H13NO2/c1-9-5-3-4-6-11(9)7-12-8-13(10(2)15)14-16-12/h3-6,8H,7H2,1-2H3. The molecule has 0 spiro atoms. The van der Waals surface area contributed by atoms with Crippen molar-refractivity contribution < 1.29 is 9.32 Å². The minimum absolute atomic E-state index is 0.0696. The smallest absolute Gasteiger partial charge is 0.181 e. The van der Waals surface area contributed by atoms with Crippen LogP contribution in [0.1, 0.15) is 34.3 Å². The van der Waals surface area contributed by atoms with Gasteiger partial charge in [0.1, 0.15) is 11.5 Å². The summed E-state index contributed by atoms with van der Waals surface area (Å²) in [7, 11) is 0. The van der Waals surface area contributed by atoms with Crippen molar-refractivity contribution in [1.82, 2.24) is 5.16 Å². The second kappa shape index (κ2) is 4.31. The maximum Gasteiger partial charge on any atom is 0.181 e. The number of aryl methyl sites for hydroxylation is 1. The van der Waals surface area contributed by atoms with E-state index in [0.29, 0.717) is 12.1 Å². The first kappa shape index (κ1) is 10.6. The second-order valence-corrected chi connectivity index (χ2v) is 3.84. The third-order valence-corrected chi connectivity index (χ3v) is 2.55. The van der Waals surface area contributed by atoms with Crippen molar-refractivity contribution in [1.29, 1.82) is 0 Å². The van der Waals surface area contributed by atoms with Gasteiger partial charge in [0.25, 0.3) is 0 Å². The number of ketones is 1. The van der Waals surface area contributed by atoms with E-state index >= 15 is 0 Å². The second-order valence-electron chi connectivity index (χ2n) is 3.84. The largest absolute Gasteiger partial charge is 0.360 e. The number of nitrogens with zero attached hydrogens (tertiary/aromatic N) is 1. The van der Waals surface area contributed by atoms with Crippen LogP contribution in [-0.2, 0) is 6.42 Å². The fraction of sp³-hybridized carbons (Fsp3) is 0.231. The summed E-state index contributed by atoms with van der Waals surface area (Å²) in [6, 6.07) is 9.79. The third kappa shape index (κ3) is 2.19.